The van der Waals surface area contributed by atoms with Gasteiger partial charge in [0.1, 0.15) is 0 Å². The van der Waals surface area contributed by atoms with Gasteiger partial charge in [0, 0.05) is 39.3 Å². The fraction of sp³-hybridized carbons (Fsp3) is 0.923. The van der Waals surface area contributed by atoms with E-state index in [0.717, 1.165) is 44.9 Å². The number of amides is 1. The molecule has 0 aromatic heterocycles. The normalized spacial score (nSPS) is 23.2. The summed E-state index contributed by atoms with van der Waals surface area (Å²) in [5, 5.41) is 12.3. The highest BCUT2D eigenvalue weighted by Gasteiger charge is 2.22. The molecule has 2 fully saturated rings. The Morgan fingerprint density at radius 1 is 1.17 bits per heavy atom. The highest BCUT2D eigenvalue weighted by atomic mass is 16.4. The van der Waals surface area contributed by atoms with E-state index in [-0.39, 0.29) is 0 Å². The Labute approximate surface area is 109 Å². The van der Waals surface area contributed by atoms with Gasteiger partial charge in [-0.2, -0.15) is 0 Å². The van der Waals surface area contributed by atoms with Gasteiger partial charge in [0.15, 0.2) is 0 Å². The van der Waals surface area contributed by atoms with Crippen LogP contribution in [-0.2, 0) is 0 Å². The van der Waals surface area contributed by atoms with Crippen molar-refractivity contribution < 1.29 is 9.90 Å². The van der Waals surface area contributed by atoms with E-state index >= 15 is 0 Å². The second-order valence-corrected chi connectivity index (χ2v) is 5.45. The molecule has 0 spiro atoms. The average Bonchev–Trinajstić information content (AvgIpc) is 2.40. The molecule has 0 aromatic rings. The molecule has 2 aliphatic rings. The SMILES string of the molecule is O=C(O)N1CCC(CCCN2CCNCC2)CC1. The van der Waals surface area contributed by atoms with Crippen LogP contribution in [0.15, 0.2) is 0 Å². The van der Waals surface area contributed by atoms with Crippen LogP contribution in [0.1, 0.15) is 25.7 Å². The second kappa shape index (κ2) is 6.95. The summed E-state index contributed by atoms with van der Waals surface area (Å²) in [7, 11) is 0. The molecule has 0 unspecified atom stereocenters. The Bertz CT molecular complexity index is 259. The summed E-state index contributed by atoms with van der Waals surface area (Å²) in [6.45, 7) is 7.27. The molecule has 0 atom stereocenters. The predicted molar refractivity (Wildman–Crippen MR) is 70.9 cm³/mol. The molecule has 0 saturated carbocycles. The lowest BCUT2D eigenvalue weighted by atomic mass is 9.92. The minimum atomic E-state index is -0.755. The van der Waals surface area contributed by atoms with Crippen molar-refractivity contribution in [1.29, 1.82) is 0 Å². The van der Waals surface area contributed by atoms with Crippen molar-refractivity contribution >= 4 is 6.09 Å². The van der Waals surface area contributed by atoms with Crippen molar-refractivity contribution in [2.24, 2.45) is 5.92 Å². The number of carbonyl (C=O) groups is 1. The highest BCUT2D eigenvalue weighted by Crippen LogP contribution is 2.22. The number of piperazine rings is 1. The zero-order valence-corrected chi connectivity index (χ0v) is 11.1. The molecule has 2 rings (SSSR count). The van der Waals surface area contributed by atoms with Crippen molar-refractivity contribution in [3.63, 3.8) is 0 Å². The van der Waals surface area contributed by atoms with Gasteiger partial charge in [0.2, 0.25) is 0 Å². The molecule has 18 heavy (non-hydrogen) atoms. The number of hydrogen-bond acceptors (Lipinski definition) is 3. The summed E-state index contributed by atoms with van der Waals surface area (Å²) < 4.78 is 0. The molecule has 0 aromatic carbocycles. The van der Waals surface area contributed by atoms with E-state index in [9.17, 15) is 4.79 Å². The van der Waals surface area contributed by atoms with Crippen LogP contribution in [0.25, 0.3) is 0 Å². The molecule has 1 amide bonds. The minimum absolute atomic E-state index is 0.730. The first-order chi connectivity index (χ1) is 8.75. The number of nitrogens with zero attached hydrogens (tertiary/aromatic N) is 2. The van der Waals surface area contributed by atoms with E-state index < -0.39 is 6.09 Å². The fourth-order valence-electron chi connectivity index (χ4n) is 2.95. The maximum absolute atomic E-state index is 10.8. The Hall–Kier alpha value is -0.810. The van der Waals surface area contributed by atoms with Gasteiger partial charge in [-0.05, 0) is 38.1 Å². The number of hydrogen-bond donors (Lipinski definition) is 2. The van der Waals surface area contributed by atoms with Gasteiger partial charge in [0.05, 0.1) is 0 Å². The van der Waals surface area contributed by atoms with Crippen LogP contribution in [-0.4, -0.2) is 66.8 Å². The van der Waals surface area contributed by atoms with Crippen LogP contribution in [0.3, 0.4) is 0 Å². The van der Waals surface area contributed by atoms with Crippen LogP contribution in [0.4, 0.5) is 4.79 Å². The van der Waals surface area contributed by atoms with Crippen LogP contribution in [0, 0.1) is 5.92 Å². The Morgan fingerprint density at radius 3 is 2.44 bits per heavy atom. The van der Waals surface area contributed by atoms with E-state index in [1.54, 1.807) is 4.90 Å². The smallest absolute Gasteiger partial charge is 0.407 e. The van der Waals surface area contributed by atoms with E-state index in [2.05, 4.69) is 10.2 Å². The molecule has 0 bridgehead atoms. The number of rotatable bonds is 4. The van der Waals surface area contributed by atoms with Gasteiger partial charge in [-0.25, -0.2) is 4.79 Å². The summed E-state index contributed by atoms with van der Waals surface area (Å²) in [5.74, 6) is 0.739. The zero-order chi connectivity index (χ0) is 12.8. The summed E-state index contributed by atoms with van der Waals surface area (Å²) in [6.07, 6.45) is 3.87. The van der Waals surface area contributed by atoms with Crippen LogP contribution in [0.2, 0.25) is 0 Å². The first kappa shape index (κ1) is 13.6. The number of likely N-dealkylation sites (tertiary alicyclic amines) is 1. The van der Waals surface area contributed by atoms with Crippen LogP contribution >= 0.6 is 0 Å². The average molecular weight is 255 g/mol. The largest absolute Gasteiger partial charge is 0.465 e. The number of piperidine rings is 1. The van der Waals surface area contributed by atoms with Gasteiger partial charge in [-0.3, -0.25) is 0 Å². The summed E-state index contributed by atoms with van der Waals surface area (Å²) in [6, 6.07) is 0. The molecular formula is C13H25N3O2. The van der Waals surface area contributed by atoms with Gasteiger partial charge >= 0.3 is 6.09 Å². The summed E-state index contributed by atoms with van der Waals surface area (Å²) in [4.78, 5) is 14.9. The Kier molecular flexibility index (Phi) is 5.26. The molecule has 0 aliphatic carbocycles. The molecular weight excluding hydrogens is 230 g/mol. The van der Waals surface area contributed by atoms with E-state index in [4.69, 9.17) is 5.11 Å². The van der Waals surface area contributed by atoms with Crippen molar-refractivity contribution in [2.75, 3.05) is 45.8 Å². The number of carboxylic acid groups (broad SMARTS) is 1. The molecule has 0 radical (unpaired) electrons. The standard InChI is InChI=1S/C13H25N3O2/c17-13(18)16-8-3-12(4-9-16)2-1-7-15-10-5-14-6-11-15/h12,14H,1-11H2,(H,17,18). The third-order valence-electron chi connectivity index (χ3n) is 4.18. The van der Waals surface area contributed by atoms with Gasteiger partial charge in [-0.15, -0.1) is 0 Å². The molecule has 5 nitrogen and oxygen atoms in total. The highest BCUT2D eigenvalue weighted by molar-refractivity contribution is 5.64. The lowest BCUT2D eigenvalue weighted by molar-refractivity contribution is 0.121. The Morgan fingerprint density at radius 2 is 1.83 bits per heavy atom. The fourth-order valence-corrected chi connectivity index (χ4v) is 2.95. The predicted octanol–water partition coefficient (Wildman–Crippen LogP) is 1.06. The van der Waals surface area contributed by atoms with E-state index in [1.165, 1.54) is 32.5 Å². The topological polar surface area (TPSA) is 55.8 Å². The summed E-state index contributed by atoms with van der Waals surface area (Å²) in [5.41, 5.74) is 0. The summed E-state index contributed by atoms with van der Waals surface area (Å²) >= 11 is 0. The van der Waals surface area contributed by atoms with Crippen LogP contribution < -0.4 is 5.32 Å². The van der Waals surface area contributed by atoms with Crippen molar-refractivity contribution in [3.05, 3.63) is 0 Å². The number of nitrogens with one attached hydrogen (secondary N) is 1. The van der Waals surface area contributed by atoms with Crippen molar-refractivity contribution in [3.8, 4) is 0 Å². The van der Waals surface area contributed by atoms with Crippen molar-refractivity contribution in [1.82, 2.24) is 15.1 Å². The molecule has 2 aliphatic heterocycles. The third-order valence-corrected chi connectivity index (χ3v) is 4.18. The maximum Gasteiger partial charge on any atom is 0.407 e. The van der Waals surface area contributed by atoms with E-state index in [1.807, 2.05) is 0 Å². The van der Waals surface area contributed by atoms with Crippen molar-refractivity contribution in [2.45, 2.75) is 25.7 Å². The molecule has 2 heterocycles. The minimum Gasteiger partial charge on any atom is -0.465 e. The Balaban J connectivity index is 1.56. The molecule has 104 valence electrons. The molecule has 2 saturated heterocycles. The van der Waals surface area contributed by atoms with Crippen LogP contribution in [0.5, 0.6) is 0 Å². The molecule has 2 N–H and O–H groups in total. The van der Waals surface area contributed by atoms with E-state index in [0.29, 0.717) is 0 Å². The second-order valence-electron chi connectivity index (χ2n) is 5.45. The third kappa shape index (κ3) is 4.14. The van der Waals surface area contributed by atoms with Gasteiger partial charge in [0.25, 0.3) is 0 Å². The maximum atomic E-state index is 10.8. The quantitative estimate of drug-likeness (QED) is 0.789. The zero-order valence-electron chi connectivity index (χ0n) is 11.1. The monoisotopic (exact) mass is 255 g/mol. The first-order valence-electron chi connectivity index (χ1n) is 7.16. The molecule has 5 heteroatoms. The van der Waals surface area contributed by atoms with Gasteiger partial charge < -0.3 is 20.2 Å². The van der Waals surface area contributed by atoms with Gasteiger partial charge in [-0.1, -0.05) is 0 Å². The lowest BCUT2D eigenvalue weighted by Crippen LogP contribution is -2.43. The lowest BCUT2D eigenvalue weighted by Gasteiger charge is -2.31. The first-order valence-corrected chi connectivity index (χ1v) is 7.16.